The van der Waals surface area contributed by atoms with Gasteiger partial charge in [-0.05, 0) is 17.5 Å². The lowest BCUT2D eigenvalue weighted by Gasteiger charge is -2.16. The highest BCUT2D eigenvalue weighted by Crippen LogP contribution is 2.25. The van der Waals surface area contributed by atoms with E-state index in [-0.39, 0.29) is 17.9 Å². The van der Waals surface area contributed by atoms with E-state index in [1.54, 1.807) is 7.11 Å². The highest BCUT2D eigenvalue weighted by atomic mass is 16.5. The topological polar surface area (TPSA) is 47.6 Å². The third-order valence-corrected chi connectivity index (χ3v) is 2.56. The first-order valence-electron chi connectivity index (χ1n) is 6.90. The number of rotatable bonds is 5. The molecule has 0 aromatic heterocycles. The minimum absolute atomic E-state index is 0.00944. The lowest BCUT2D eigenvalue weighted by atomic mass is 9.92. The van der Waals surface area contributed by atoms with E-state index >= 15 is 0 Å². The first-order chi connectivity index (χ1) is 9.92. The van der Waals surface area contributed by atoms with E-state index in [1.807, 2.05) is 45.0 Å². The second-order valence-corrected chi connectivity index (χ2v) is 5.81. The van der Waals surface area contributed by atoms with Crippen LogP contribution in [0, 0.1) is 17.3 Å². The van der Waals surface area contributed by atoms with Gasteiger partial charge >= 0.3 is 0 Å². The van der Waals surface area contributed by atoms with Crippen LogP contribution in [-0.2, 0) is 4.79 Å². The Morgan fingerprint density at radius 2 is 1.86 bits per heavy atom. The summed E-state index contributed by atoms with van der Waals surface area (Å²) in [5.74, 6) is 7.08. The molecule has 0 fully saturated rings. The smallest absolute Gasteiger partial charge is 0.221 e. The molecule has 1 rings (SSSR count). The van der Waals surface area contributed by atoms with Gasteiger partial charge < -0.3 is 14.8 Å². The molecule has 0 atom stereocenters. The van der Waals surface area contributed by atoms with Gasteiger partial charge in [0.2, 0.25) is 5.91 Å². The lowest BCUT2D eigenvalue weighted by Crippen LogP contribution is -2.27. The number of para-hydroxylation sites is 2. The van der Waals surface area contributed by atoms with Gasteiger partial charge in [-0.15, -0.1) is 0 Å². The van der Waals surface area contributed by atoms with Gasteiger partial charge in [-0.25, -0.2) is 0 Å². The van der Waals surface area contributed by atoms with Crippen LogP contribution >= 0.6 is 0 Å². The number of benzene rings is 1. The highest BCUT2D eigenvalue weighted by Gasteiger charge is 2.14. The van der Waals surface area contributed by atoms with Crippen molar-refractivity contribution < 1.29 is 14.3 Å². The molecule has 0 bridgehead atoms. The Balaban J connectivity index is 2.29. The van der Waals surface area contributed by atoms with Crippen molar-refractivity contribution >= 4 is 5.91 Å². The van der Waals surface area contributed by atoms with Gasteiger partial charge in [0.05, 0.1) is 13.7 Å². The maximum atomic E-state index is 11.6. The first-order valence-corrected chi connectivity index (χ1v) is 6.90. The molecule has 1 aromatic rings. The molecule has 4 nitrogen and oxygen atoms in total. The van der Waals surface area contributed by atoms with Crippen molar-refractivity contribution in [2.45, 2.75) is 27.2 Å². The van der Waals surface area contributed by atoms with E-state index in [4.69, 9.17) is 9.47 Å². The number of carbonyl (C=O) groups is 1. The zero-order valence-electron chi connectivity index (χ0n) is 13.2. The van der Waals surface area contributed by atoms with Crippen molar-refractivity contribution in [2.24, 2.45) is 5.41 Å². The average Bonchev–Trinajstić information content (AvgIpc) is 2.41. The Morgan fingerprint density at radius 1 is 1.19 bits per heavy atom. The second kappa shape index (κ2) is 8.21. The zero-order chi connectivity index (χ0) is 15.7. The predicted octanol–water partition coefficient (Wildman–Crippen LogP) is 2.63. The van der Waals surface area contributed by atoms with Crippen molar-refractivity contribution in [1.82, 2.24) is 5.32 Å². The van der Waals surface area contributed by atoms with Crippen LogP contribution in [0.1, 0.15) is 27.2 Å². The van der Waals surface area contributed by atoms with Gasteiger partial charge in [0.1, 0.15) is 6.61 Å². The van der Waals surface area contributed by atoms with E-state index in [0.29, 0.717) is 24.5 Å². The standard InChI is InChI=1S/C17H23NO3/c1-17(2,3)13-16(19)18-11-7-8-12-21-15-10-6-5-9-14(15)20-4/h5-6,9-10H,11-13H2,1-4H3,(H,18,19). The average molecular weight is 289 g/mol. The summed E-state index contributed by atoms with van der Waals surface area (Å²) in [6.07, 6.45) is 0.492. The molecule has 1 aromatic carbocycles. The summed E-state index contributed by atoms with van der Waals surface area (Å²) in [7, 11) is 1.60. The van der Waals surface area contributed by atoms with E-state index in [2.05, 4.69) is 17.2 Å². The molecular weight excluding hydrogens is 266 g/mol. The lowest BCUT2D eigenvalue weighted by molar-refractivity contribution is -0.122. The minimum Gasteiger partial charge on any atom is -0.493 e. The van der Waals surface area contributed by atoms with Gasteiger partial charge in [0, 0.05) is 6.42 Å². The van der Waals surface area contributed by atoms with Crippen molar-refractivity contribution in [3.8, 4) is 23.3 Å². The van der Waals surface area contributed by atoms with E-state index in [9.17, 15) is 4.79 Å². The van der Waals surface area contributed by atoms with E-state index < -0.39 is 0 Å². The fourth-order valence-electron chi connectivity index (χ4n) is 1.65. The van der Waals surface area contributed by atoms with Crippen LogP contribution in [0.2, 0.25) is 0 Å². The summed E-state index contributed by atoms with van der Waals surface area (Å²) < 4.78 is 10.7. The van der Waals surface area contributed by atoms with Crippen molar-refractivity contribution in [3.05, 3.63) is 24.3 Å². The molecule has 114 valence electrons. The third-order valence-electron chi connectivity index (χ3n) is 2.56. The number of nitrogens with one attached hydrogen (secondary N) is 1. The molecule has 0 radical (unpaired) electrons. The molecule has 0 spiro atoms. The molecule has 0 aliphatic heterocycles. The Hall–Kier alpha value is -2.15. The number of hydrogen-bond acceptors (Lipinski definition) is 3. The molecular formula is C17H23NO3. The Kier molecular flexibility index (Phi) is 6.61. The van der Waals surface area contributed by atoms with E-state index in [0.717, 1.165) is 0 Å². The predicted molar refractivity (Wildman–Crippen MR) is 83.3 cm³/mol. The zero-order valence-corrected chi connectivity index (χ0v) is 13.2. The molecule has 0 saturated carbocycles. The fraction of sp³-hybridized carbons (Fsp3) is 0.471. The number of hydrogen-bond donors (Lipinski definition) is 1. The second-order valence-electron chi connectivity index (χ2n) is 5.81. The molecule has 0 unspecified atom stereocenters. The summed E-state index contributed by atoms with van der Waals surface area (Å²) in [5, 5.41) is 2.77. The summed E-state index contributed by atoms with van der Waals surface area (Å²) >= 11 is 0. The Labute approximate surface area is 126 Å². The summed E-state index contributed by atoms with van der Waals surface area (Å²) in [6.45, 7) is 6.68. The van der Waals surface area contributed by atoms with Crippen LogP contribution in [0.15, 0.2) is 24.3 Å². The Bertz CT molecular complexity index is 521. The highest BCUT2D eigenvalue weighted by molar-refractivity contribution is 5.76. The largest absolute Gasteiger partial charge is 0.493 e. The summed E-state index contributed by atoms with van der Waals surface area (Å²) in [6, 6.07) is 7.40. The first kappa shape index (κ1) is 16.9. The van der Waals surface area contributed by atoms with Gasteiger partial charge in [-0.3, -0.25) is 4.79 Å². The van der Waals surface area contributed by atoms with Crippen molar-refractivity contribution in [2.75, 3.05) is 20.3 Å². The minimum atomic E-state index is -0.00944. The van der Waals surface area contributed by atoms with E-state index in [1.165, 1.54) is 0 Å². The Morgan fingerprint density at radius 3 is 2.48 bits per heavy atom. The maximum Gasteiger partial charge on any atom is 0.221 e. The van der Waals surface area contributed by atoms with Gasteiger partial charge in [-0.2, -0.15) is 0 Å². The van der Waals surface area contributed by atoms with Crippen LogP contribution in [0.5, 0.6) is 11.5 Å². The fourth-order valence-corrected chi connectivity index (χ4v) is 1.65. The molecule has 0 heterocycles. The molecule has 0 saturated heterocycles. The molecule has 0 aliphatic rings. The van der Waals surface area contributed by atoms with Crippen LogP contribution < -0.4 is 14.8 Å². The normalized spacial score (nSPS) is 10.3. The summed E-state index contributed by atoms with van der Waals surface area (Å²) in [5.41, 5.74) is -0.00944. The quantitative estimate of drug-likeness (QED) is 0.848. The maximum absolute atomic E-state index is 11.6. The number of amides is 1. The molecule has 1 amide bonds. The SMILES string of the molecule is COc1ccccc1OCC#CCNC(=O)CC(C)(C)C. The van der Waals surface area contributed by atoms with Crippen molar-refractivity contribution in [3.63, 3.8) is 0 Å². The number of methoxy groups -OCH3 is 1. The monoisotopic (exact) mass is 289 g/mol. The molecule has 1 N–H and O–H groups in total. The van der Waals surface area contributed by atoms with Gasteiger partial charge in [0.25, 0.3) is 0 Å². The number of carbonyl (C=O) groups excluding carboxylic acids is 1. The number of ether oxygens (including phenoxy) is 2. The summed E-state index contributed by atoms with van der Waals surface area (Å²) in [4.78, 5) is 11.6. The molecule has 21 heavy (non-hydrogen) atoms. The van der Waals surface area contributed by atoms with Crippen LogP contribution in [-0.4, -0.2) is 26.2 Å². The van der Waals surface area contributed by atoms with Crippen LogP contribution in [0.25, 0.3) is 0 Å². The van der Waals surface area contributed by atoms with Crippen LogP contribution in [0.3, 0.4) is 0 Å². The molecule has 4 heteroatoms. The third kappa shape index (κ3) is 7.26. The van der Waals surface area contributed by atoms with Gasteiger partial charge in [-0.1, -0.05) is 44.7 Å². The van der Waals surface area contributed by atoms with Gasteiger partial charge in [0.15, 0.2) is 11.5 Å². The van der Waals surface area contributed by atoms with Crippen molar-refractivity contribution in [1.29, 1.82) is 0 Å². The van der Waals surface area contributed by atoms with Crippen LogP contribution in [0.4, 0.5) is 0 Å². The molecule has 0 aliphatic carbocycles.